The van der Waals surface area contributed by atoms with Crippen LogP contribution in [0, 0.1) is 5.92 Å². The number of carbonyl (C=O) groups is 1. The van der Waals surface area contributed by atoms with E-state index < -0.39 is 0 Å². The van der Waals surface area contributed by atoms with Gasteiger partial charge in [0.25, 0.3) is 0 Å². The number of benzene rings is 1. The number of phenolic OH excluding ortho intramolecular Hbond substituents is 1. The van der Waals surface area contributed by atoms with E-state index in [2.05, 4.69) is 0 Å². The zero-order valence-electron chi connectivity index (χ0n) is 9.71. The highest BCUT2D eigenvalue weighted by Gasteiger charge is 2.25. The van der Waals surface area contributed by atoms with Gasteiger partial charge in [-0.3, -0.25) is 4.79 Å². The molecule has 0 aromatic heterocycles. The van der Waals surface area contributed by atoms with Crippen LogP contribution < -0.4 is 10.6 Å². The Morgan fingerprint density at radius 3 is 2.53 bits per heavy atom. The second kappa shape index (κ2) is 4.59. The second-order valence-corrected chi connectivity index (χ2v) is 4.30. The van der Waals surface area contributed by atoms with Crippen LogP contribution in [0.3, 0.4) is 0 Å². The summed E-state index contributed by atoms with van der Waals surface area (Å²) in [6.07, 6.45) is 4.40. The molecule has 0 heterocycles. The molecule has 90 valence electrons. The Morgan fingerprint density at radius 2 is 2.00 bits per heavy atom. The molecule has 2 rings (SSSR count). The first kappa shape index (κ1) is 11.7. The predicted molar refractivity (Wildman–Crippen MR) is 66.7 cm³/mol. The molecule has 2 unspecified atom stereocenters. The van der Waals surface area contributed by atoms with Crippen LogP contribution in [0.1, 0.15) is 6.42 Å². The van der Waals surface area contributed by atoms with E-state index in [1.807, 2.05) is 12.2 Å². The van der Waals surface area contributed by atoms with Crippen LogP contribution in [0.25, 0.3) is 0 Å². The van der Waals surface area contributed by atoms with Crippen LogP contribution in [0.2, 0.25) is 0 Å². The molecule has 1 amide bonds. The van der Waals surface area contributed by atoms with Crippen LogP contribution in [-0.4, -0.2) is 24.1 Å². The van der Waals surface area contributed by atoms with Crippen LogP contribution >= 0.6 is 0 Å². The van der Waals surface area contributed by atoms with E-state index in [4.69, 9.17) is 5.73 Å². The summed E-state index contributed by atoms with van der Waals surface area (Å²) in [5, 5.41) is 9.19. The number of nitrogens with two attached hydrogens (primary N) is 1. The smallest absolute Gasteiger partial charge is 0.233 e. The van der Waals surface area contributed by atoms with Crippen molar-refractivity contribution in [2.45, 2.75) is 12.5 Å². The Hall–Kier alpha value is -1.81. The van der Waals surface area contributed by atoms with Crippen molar-refractivity contribution in [3.8, 4) is 5.75 Å². The Bertz CT molecular complexity index is 439. The van der Waals surface area contributed by atoms with Gasteiger partial charge in [-0.1, -0.05) is 12.2 Å². The summed E-state index contributed by atoms with van der Waals surface area (Å²) < 4.78 is 0. The Morgan fingerprint density at radius 1 is 1.35 bits per heavy atom. The molecule has 2 atom stereocenters. The van der Waals surface area contributed by atoms with Crippen molar-refractivity contribution in [3.63, 3.8) is 0 Å². The summed E-state index contributed by atoms with van der Waals surface area (Å²) >= 11 is 0. The maximum atomic E-state index is 12.1. The van der Waals surface area contributed by atoms with E-state index in [0.29, 0.717) is 6.42 Å². The van der Waals surface area contributed by atoms with E-state index >= 15 is 0 Å². The van der Waals surface area contributed by atoms with Gasteiger partial charge in [-0.05, 0) is 30.7 Å². The van der Waals surface area contributed by atoms with E-state index in [1.54, 1.807) is 36.2 Å². The van der Waals surface area contributed by atoms with Gasteiger partial charge in [0.05, 0.1) is 5.92 Å². The molecule has 0 radical (unpaired) electrons. The molecule has 4 heteroatoms. The first-order valence-corrected chi connectivity index (χ1v) is 5.58. The lowest BCUT2D eigenvalue weighted by molar-refractivity contribution is -0.120. The predicted octanol–water partition coefficient (Wildman–Crippen LogP) is 1.26. The van der Waals surface area contributed by atoms with Crippen molar-refractivity contribution < 1.29 is 9.90 Å². The highest BCUT2D eigenvalue weighted by Crippen LogP contribution is 2.23. The zero-order chi connectivity index (χ0) is 12.4. The third-order valence-corrected chi connectivity index (χ3v) is 3.00. The minimum Gasteiger partial charge on any atom is -0.508 e. The van der Waals surface area contributed by atoms with Crippen molar-refractivity contribution in [1.29, 1.82) is 0 Å². The lowest BCUT2D eigenvalue weighted by Gasteiger charge is -2.20. The first-order chi connectivity index (χ1) is 8.08. The van der Waals surface area contributed by atoms with Gasteiger partial charge in [-0.2, -0.15) is 0 Å². The summed E-state index contributed by atoms with van der Waals surface area (Å²) in [5.74, 6) is 0.0843. The van der Waals surface area contributed by atoms with Gasteiger partial charge in [-0.25, -0.2) is 0 Å². The molecule has 0 aliphatic heterocycles. The van der Waals surface area contributed by atoms with Gasteiger partial charge in [0.1, 0.15) is 5.75 Å². The van der Waals surface area contributed by atoms with Gasteiger partial charge in [0, 0.05) is 18.8 Å². The minimum absolute atomic E-state index is 0.0165. The molecule has 1 aliphatic carbocycles. The molecule has 0 saturated heterocycles. The molecule has 3 N–H and O–H groups in total. The van der Waals surface area contributed by atoms with Crippen molar-refractivity contribution >= 4 is 11.6 Å². The number of phenols is 1. The summed E-state index contributed by atoms with van der Waals surface area (Å²) in [6.45, 7) is 0. The highest BCUT2D eigenvalue weighted by atomic mass is 16.3. The second-order valence-electron chi connectivity index (χ2n) is 4.30. The number of amides is 1. The van der Waals surface area contributed by atoms with E-state index in [9.17, 15) is 9.90 Å². The van der Waals surface area contributed by atoms with Crippen LogP contribution in [0.15, 0.2) is 36.4 Å². The Balaban J connectivity index is 2.09. The molecule has 0 fully saturated rings. The summed E-state index contributed by atoms with van der Waals surface area (Å²) in [7, 11) is 1.73. The summed E-state index contributed by atoms with van der Waals surface area (Å²) in [5.41, 5.74) is 6.50. The lowest BCUT2D eigenvalue weighted by atomic mass is 10.1. The number of anilines is 1. The molecule has 0 spiro atoms. The third kappa shape index (κ3) is 2.47. The lowest BCUT2D eigenvalue weighted by Crippen LogP contribution is -2.32. The zero-order valence-corrected chi connectivity index (χ0v) is 9.71. The fraction of sp³-hybridized carbons (Fsp3) is 0.308. The quantitative estimate of drug-likeness (QED) is 0.754. The molecule has 1 aromatic rings. The number of hydrogen-bond acceptors (Lipinski definition) is 3. The van der Waals surface area contributed by atoms with E-state index in [1.165, 1.54) is 0 Å². The summed E-state index contributed by atoms with van der Waals surface area (Å²) in [6, 6.07) is 6.54. The van der Waals surface area contributed by atoms with Gasteiger partial charge < -0.3 is 15.7 Å². The van der Waals surface area contributed by atoms with Crippen molar-refractivity contribution in [2.24, 2.45) is 11.7 Å². The Kier molecular flexibility index (Phi) is 3.15. The van der Waals surface area contributed by atoms with Crippen molar-refractivity contribution in [3.05, 3.63) is 36.4 Å². The number of rotatable bonds is 2. The maximum absolute atomic E-state index is 12.1. The number of hydrogen-bond donors (Lipinski definition) is 2. The normalized spacial score (nSPS) is 22.7. The van der Waals surface area contributed by atoms with Crippen molar-refractivity contribution in [2.75, 3.05) is 11.9 Å². The largest absolute Gasteiger partial charge is 0.508 e. The molecular weight excluding hydrogens is 216 g/mol. The van der Waals surface area contributed by atoms with Gasteiger partial charge in [-0.15, -0.1) is 0 Å². The Labute approximate surface area is 100 Å². The molecule has 0 bridgehead atoms. The van der Waals surface area contributed by atoms with E-state index in [0.717, 1.165) is 5.69 Å². The first-order valence-electron chi connectivity index (χ1n) is 5.58. The van der Waals surface area contributed by atoms with E-state index in [-0.39, 0.29) is 23.6 Å². The molecule has 17 heavy (non-hydrogen) atoms. The topological polar surface area (TPSA) is 66.6 Å². The SMILES string of the molecule is CN(C(=O)C1C=CC(N)C1)c1ccc(O)cc1. The van der Waals surface area contributed by atoms with Crippen LogP contribution in [0.4, 0.5) is 5.69 Å². The number of carbonyl (C=O) groups excluding carboxylic acids is 1. The fourth-order valence-corrected chi connectivity index (χ4v) is 1.96. The third-order valence-electron chi connectivity index (χ3n) is 3.00. The van der Waals surface area contributed by atoms with Crippen LogP contribution in [-0.2, 0) is 4.79 Å². The van der Waals surface area contributed by atoms with Crippen molar-refractivity contribution in [1.82, 2.24) is 0 Å². The van der Waals surface area contributed by atoms with Gasteiger partial charge >= 0.3 is 0 Å². The molecule has 0 saturated carbocycles. The molecule has 4 nitrogen and oxygen atoms in total. The fourth-order valence-electron chi connectivity index (χ4n) is 1.96. The van der Waals surface area contributed by atoms with Gasteiger partial charge in [0.15, 0.2) is 0 Å². The van der Waals surface area contributed by atoms with Crippen LogP contribution in [0.5, 0.6) is 5.75 Å². The average molecular weight is 232 g/mol. The summed E-state index contributed by atoms with van der Waals surface area (Å²) in [4.78, 5) is 13.7. The molecule has 1 aliphatic rings. The molecular formula is C13H16N2O2. The highest BCUT2D eigenvalue weighted by molar-refractivity contribution is 5.95. The monoisotopic (exact) mass is 232 g/mol. The minimum atomic E-state index is -0.135. The molecule has 1 aromatic carbocycles. The number of aromatic hydroxyl groups is 1. The average Bonchev–Trinajstić information content (AvgIpc) is 2.75. The van der Waals surface area contributed by atoms with Gasteiger partial charge in [0.2, 0.25) is 5.91 Å². The number of nitrogens with zero attached hydrogens (tertiary/aromatic N) is 1. The maximum Gasteiger partial charge on any atom is 0.233 e. The standard InChI is InChI=1S/C13H16N2O2/c1-15(11-4-6-12(16)7-5-11)13(17)9-2-3-10(14)8-9/h2-7,9-10,16H,8,14H2,1H3.